The highest BCUT2D eigenvalue weighted by Crippen LogP contribution is 2.24. The van der Waals surface area contributed by atoms with Crippen LogP contribution in [-0.4, -0.2) is 36.1 Å². The molecular weight excluding hydrogens is 376 g/mol. The summed E-state index contributed by atoms with van der Waals surface area (Å²) in [6.07, 6.45) is 5.31. The predicted octanol–water partition coefficient (Wildman–Crippen LogP) is 4.32. The van der Waals surface area contributed by atoms with Gasteiger partial charge in [-0.3, -0.25) is 4.79 Å². The number of methoxy groups -OCH3 is 1. The fourth-order valence-corrected chi connectivity index (χ4v) is 3.72. The molecule has 0 aliphatic carbocycles. The van der Waals surface area contributed by atoms with Gasteiger partial charge in [-0.05, 0) is 49.6 Å². The monoisotopic (exact) mass is 402 g/mol. The zero-order valence-electron chi connectivity index (χ0n) is 17.3. The largest absolute Gasteiger partial charge is 0.497 e. The van der Waals surface area contributed by atoms with Crippen molar-refractivity contribution in [2.45, 2.75) is 19.8 Å². The molecule has 4 rings (SSSR count). The van der Waals surface area contributed by atoms with E-state index in [4.69, 9.17) is 4.74 Å². The minimum Gasteiger partial charge on any atom is -0.497 e. The van der Waals surface area contributed by atoms with E-state index in [9.17, 15) is 4.79 Å². The number of carbonyl (C=O) groups is 1. The first-order valence-electron chi connectivity index (χ1n) is 10.2. The maximum Gasteiger partial charge on any atom is 0.227 e. The number of anilines is 2. The molecule has 0 atom stereocenters. The second-order valence-electron chi connectivity index (χ2n) is 7.62. The molecule has 1 fully saturated rings. The highest BCUT2D eigenvalue weighted by Gasteiger charge is 2.26. The molecule has 0 bridgehead atoms. The van der Waals surface area contributed by atoms with Crippen LogP contribution in [0.2, 0.25) is 0 Å². The number of ether oxygens (including phenoxy) is 1. The number of carbonyl (C=O) groups excluding carboxylic acids is 1. The van der Waals surface area contributed by atoms with Gasteiger partial charge in [0, 0.05) is 42.7 Å². The summed E-state index contributed by atoms with van der Waals surface area (Å²) >= 11 is 0. The summed E-state index contributed by atoms with van der Waals surface area (Å²) in [6.45, 7) is 3.61. The predicted molar refractivity (Wildman–Crippen MR) is 119 cm³/mol. The van der Waals surface area contributed by atoms with Crippen molar-refractivity contribution in [2.75, 3.05) is 30.4 Å². The van der Waals surface area contributed by atoms with Crippen molar-refractivity contribution in [1.82, 2.24) is 9.97 Å². The van der Waals surface area contributed by atoms with Crippen LogP contribution in [0.5, 0.6) is 5.75 Å². The topological polar surface area (TPSA) is 67.3 Å². The Hall–Kier alpha value is -3.41. The lowest BCUT2D eigenvalue weighted by Gasteiger charge is -2.31. The Morgan fingerprint density at radius 3 is 2.37 bits per heavy atom. The number of nitrogens with zero attached hydrogens (tertiary/aromatic N) is 3. The van der Waals surface area contributed by atoms with Crippen LogP contribution in [0.4, 0.5) is 11.6 Å². The molecular formula is C24H26N4O2. The van der Waals surface area contributed by atoms with E-state index >= 15 is 0 Å². The van der Waals surface area contributed by atoms with Crippen LogP contribution in [0.15, 0.2) is 60.9 Å². The van der Waals surface area contributed by atoms with Gasteiger partial charge in [0.05, 0.1) is 7.11 Å². The smallest absolute Gasteiger partial charge is 0.227 e. The van der Waals surface area contributed by atoms with Gasteiger partial charge in [-0.25, -0.2) is 9.97 Å². The zero-order valence-corrected chi connectivity index (χ0v) is 17.3. The van der Waals surface area contributed by atoms with E-state index in [1.54, 1.807) is 7.11 Å². The van der Waals surface area contributed by atoms with Gasteiger partial charge in [0.15, 0.2) is 0 Å². The fourth-order valence-electron chi connectivity index (χ4n) is 3.72. The molecule has 0 spiro atoms. The molecule has 30 heavy (non-hydrogen) atoms. The van der Waals surface area contributed by atoms with Crippen LogP contribution < -0.4 is 15.0 Å². The fraction of sp³-hybridized carbons (Fsp3) is 0.292. The van der Waals surface area contributed by atoms with Gasteiger partial charge in [0.2, 0.25) is 11.9 Å². The molecule has 6 nitrogen and oxygen atoms in total. The number of hydrogen-bond acceptors (Lipinski definition) is 5. The average molecular weight is 402 g/mol. The number of amides is 1. The van der Waals surface area contributed by atoms with Crippen molar-refractivity contribution in [2.24, 2.45) is 5.92 Å². The number of nitrogens with one attached hydrogen (secondary N) is 1. The molecule has 154 valence electrons. The molecule has 1 saturated heterocycles. The Kier molecular flexibility index (Phi) is 5.93. The molecule has 0 radical (unpaired) electrons. The number of benzene rings is 2. The summed E-state index contributed by atoms with van der Waals surface area (Å²) in [4.78, 5) is 23.9. The molecule has 1 aromatic heterocycles. The van der Waals surface area contributed by atoms with Gasteiger partial charge < -0.3 is 15.0 Å². The van der Waals surface area contributed by atoms with Gasteiger partial charge in [-0.1, -0.05) is 29.8 Å². The molecule has 6 heteroatoms. The molecule has 1 N–H and O–H groups in total. The summed E-state index contributed by atoms with van der Waals surface area (Å²) in [7, 11) is 1.63. The van der Waals surface area contributed by atoms with E-state index in [-0.39, 0.29) is 11.8 Å². The normalized spacial score (nSPS) is 14.4. The third-order valence-electron chi connectivity index (χ3n) is 5.50. The maximum atomic E-state index is 12.6. The summed E-state index contributed by atoms with van der Waals surface area (Å²) in [6, 6.07) is 15.7. The first kappa shape index (κ1) is 19.9. The maximum absolute atomic E-state index is 12.6. The van der Waals surface area contributed by atoms with Gasteiger partial charge in [0.1, 0.15) is 5.75 Å². The summed E-state index contributed by atoms with van der Waals surface area (Å²) in [5, 5.41) is 3.00. The van der Waals surface area contributed by atoms with Crippen LogP contribution in [0.1, 0.15) is 18.4 Å². The lowest BCUT2D eigenvalue weighted by Crippen LogP contribution is -2.39. The Balaban J connectivity index is 1.33. The van der Waals surface area contributed by atoms with Crippen LogP contribution in [0, 0.1) is 12.8 Å². The molecule has 0 saturated carbocycles. The summed E-state index contributed by atoms with van der Waals surface area (Å²) in [5.41, 5.74) is 4.14. The van der Waals surface area contributed by atoms with Crippen LogP contribution in [0.3, 0.4) is 0 Å². The second-order valence-corrected chi connectivity index (χ2v) is 7.62. The highest BCUT2D eigenvalue weighted by atomic mass is 16.5. The SMILES string of the molecule is COc1ccc(NC(=O)C2CCN(c3ncc(-c4cccc(C)c4)cn3)CC2)cc1. The number of piperidine rings is 1. The van der Waals surface area contributed by atoms with E-state index in [0.717, 1.165) is 54.4 Å². The molecule has 2 aromatic carbocycles. The first-order chi connectivity index (χ1) is 14.6. The first-order valence-corrected chi connectivity index (χ1v) is 10.2. The summed E-state index contributed by atoms with van der Waals surface area (Å²) < 4.78 is 5.15. The lowest BCUT2D eigenvalue weighted by atomic mass is 9.96. The van der Waals surface area contributed by atoms with E-state index in [1.165, 1.54) is 5.56 Å². The van der Waals surface area contributed by atoms with Gasteiger partial charge >= 0.3 is 0 Å². The van der Waals surface area contributed by atoms with Gasteiger partial charge in [-0.15, -0.1) is 0 Å². The second kappa shape index (κ2) is 8.95. The van der Waals surface area contributed by atoms with E-state index in [2.05, 4.69) is 45.3 Å². The molecule has 2 heterocycles. The zero-order chi connectivity index (χ0) is 20.9. The van der Waals surface area contributed by atoms with Crippen molar-refractivity contribution in [1.29, 1.82) is 0 Å². The lowest BCUT2D eigenvalue weighted by molar-refractivity contribution is -0.120. The van der Waals surface area contributed by atoms with Crippen LogP contribution >= 0.6 is 0 Å². The van der Waals surface area contributed by atoms with E-state index in [0.29, 0.717) is 0 Å². The molecule has 3 aromatic rings. The number of rotatable bonds is 5. The summed E-state index contributed by atoms with van der Waals surface area (Å²) in [5.74, 6) is 1.56. The minimum atomic E-state index is -0.00470. The van der Waals surface area contributed by atoms with Gasteiger partial charge in [0.25, 0.3) is 0 Å². The third-order valence-corrected chi connectivity index (χ3v) is 5.50. The van der Waals surface area contributed by atoms with Gasteiger partial charge in [-0.2, -0.15) is 0 Å². The Bertz CT molecular complexity index is 994. The average Bonchev–Trinajstić information content (AvgIpc) is 2.80. The number of aryl methyl sites for hydroxylation is 1. The molecule has 1 aliphatic heterocycles. The van der Waals surface area contributed by atoms with Crippen molar-refractivity contribution >= 4 is 17.5 Å². The highest BCUT2D eigenvalue weighted by molar-refractivity contribution is 5.92. The van der Waals surface area contributed by atoms with Crippen molar-refractivity contribution < 1.29 is 9.53 Å². The Morgan fingerprint density at radius 2 is 1.73 bits per heavy atom. The van der Waals surface area contributed by atoms with E-state index in [1.807, 2.05) is 42.7 Å². The number of aromatic nitrogens is 2. The molecule has 0 unspecified atom stereocenters. The third kappa shape index (κ3) is 4.59. The minimum absolute atomic E-state index is 0.00470. The van der Waals surface area contributed by atoms with Crippen molar-refractivity contribution in [3.05, 3.63) is 66.5 Å². The standard InChI is InChI=1S/C24H26N4O2/c1-17-4-3-5-19(14-17)20-15-25-24(26-16-20)28-12-10-18(11-13-28)23(29)27-21-6-8-22(30-2)9-7-21/h3-9,14-16,18H,10-13H2,1-2H3,(H,27,29). The molecule has 1 aliphatic rings. The quantitative estimate of drug-likeness (QED) is 0.689. The Labute approximate surface area is 176 Å². The van der Waals surface area contributed by atoms with Crippen LogP contribution in [0.25, 0.3) is 11.1 Å². The van der Waals surface area contributed by atoms with Crippen LogP contribution in [-0.2, 0) is 4.79 Å². The van der Waals surface area contributed by atoms with E-state index < -0.39 is 0 Å². The molecule has 1 amide bonds. The van der Waals surface area contributed by atoms with Crippen molar-refractivity contribution in [3.8, 4) is 16.9 Å². The number of hydrogen-bond donors (Lipinski definition) is 1. The Morgan fingerprint density at radius 1 is 1.03 bits per heavy atom. The van der Waals surface area contributed by atoms with Crippen molar-refractivity contribution in [3.63, 3.8) is 0 Å².